The molecule has 100 valence electrons. The summed E-state index contributed by atoms with van der Waals surface area (Å²) >= 11 is 3.35. The second kappa shape index (κ2) is 5.86. The summed E-state index contributed by atoms with van der Waals surface area (Å²) < 4.78 is 28.0. The molecule has 3 nitrogen and oxygen atoms in total. The molecule has 0 saturated carbocycles. The Kier molecular flexibility index (Phi) is 4.39. The van der Waals surface area contributed by atoms with E-state index in [1.807, 2.05) is 31.2 Å². The van der Waals surface area contributed by atoms with Gasteiger partial charge in [0.2, 0.25) is 10.0 Å². The molecule has 1 N–H and O–H groups in total. The SMILES string of the molecule is CC(NS(=O)(=O)c1ccccc1)c1ccc(Br)cc1. The standard InChI is InChI=1S/C14H14BrNO2S/c1-11(12-7-9-13(15)10-8-12)16-19(17,18)14-5-3-2-4-6-14/h2-11,16H,1H3. The van der Waals surface area contributed by atoms with Crippen LogP contribution in [-0.2, 0) is 10.0 Å². The Labute approximate surface area is 121 Å². The fourth-order valence-corrected chi connectivity index (χ4v) is 3.24. The largest absolute Gasteiger partial charge is 0.241 e. The number of rotatable bonds is 4. The Morgan fingerprint density at radius 3 is 2.16 bits per heavy atom. The topological polar surface area (TPSA) is 46.2 Å². The summed E-state index contributed by atoms with van der Waals surface area (Å²) in [6.07, 6.45) is 0. The monoisotopic (exact) mass is 339 g/mol. The lowest BCUT2D eigenvalue weighted by Gasteiger charge is -2.14. The highest BCUT2D eigenvalue weighted by Crippen LogP contribution is 2.19. The van der Waals surface area contributed by atoms with Gasteiger partial charge in [0, 0.05) is 10.5 Å². The number of benzene rings is 2. The molecule has 5 heteroatoms. The zero-order valence-corrected chi connectivity index (χ0v) is 12.8. The molecule has 0 radical (unpaired) electrons. The second-order valence-electron chi connectivity index (χ2n) is 4.21. The molecular weight excluding hydrogens is 326 g/mol. The van der Waals surface area contributed by atoms with Crippen molar-refractivity contribution in [3.05, 3.63) is 64.6 Å². The molecule has 0 heterocycles. The zero-order valence-electron chi connectivity index (χ0n) is 10.4. The fourth-order valence-electron chi connectivity index (χ4n) is 1.72. The predicted molar refractivity (Wildman–Crippen MR) is 79.3 cm³/mol. The van der Waals surface area contributed by atoms with Gasteiger partial charge in [-0.15, -0.1) is 0 Å². The number of hydrogen-bond donors (Lipinski definition) is 1. The molecule has 0 aliphatic carbocycles. The smallest absolute Gasteiger partial charge is 0.207 e. The Hall–Kier alpha value is -1.17. The first-order chi connectivity index (χ1) is 8.99. The molecule has 0 saturated heterocycles. The van der Waals surface area contributed by atoms with Crippen LogP contribution in [0, 0.1) is 0 Å². The lowest BCUT2D eigenvalue weighted by Crippen LogP contribution is -2.26. The fraction of sp³-hybridized carbons (Fsp3) is 0.143. The van der Waals surface area contributed by atoms with E-state index < -0.39 is 10.0 Å². The van der Waals surface area contributed by atoms with E-state index in [1.54, 1.807) is 30.3 Å². The highest BCUT2D eigenvalue weighted by molar-refractivity contribution is 9.10. The quantitative estimate of drug-likeness (QED) is 0.926. The molecule has 0 spiro atoms. The van der Waals surface area contributed by atoms with Crippen molar-refractivity contribution in [3.8, 4) is 0 Å². The summed E-state index contributed by atoms with van der Waals surface area (Å²) in [7, 11) is -3.48. The first-order valence-corrected chi connectivity index (χ1v) is 8.09. The van der Waals surface area contributed by atoms with Gasteiger partial charge in [-0.05, 0) is 36.8 Å². The lowest BCUT2D eigenvalue weighted by molar-refractivity contribution is 0.567. The van der Waals surface area contributed by atoms with Gasteiger partial charge in [0.1, 0.15) is 0 Å². The van der Waals surface area contributed by atoms with Gasteiger partial charge in [0.05, 0.1) is 4.90 Å². The molecule has 0 fully saturated rings. The molecule has 2 aromatic carbocycles. The minimum Gasteiger partial charge on any atom is -0.207 e. The van der Waals surface area contributed by atoms with Crippen molar-refractivity contribution < 1.29 is 8.42 Å². The Balaban J connectivity index is 2.19. The molecule has 19 heavy (non-hydrogen) atoms. The number of sulfonamides is 1. The van der Waals surface area contributed by atoms with Gasteiger partial charge >= 0.3 is 0 Å². The Morgan fingerprint density at radius 2 is 1.58 bits per heavy atom. The van der Waals surface area contributed by atoms with Crippen molar-refractivity contribution >= 4 is 26.0 Å². The van der Waals surface area contributed by atoms with Crippen LogP contribution >= 0.6 is 15.9 Å². The van der Waals surface area contributed by atoms with Crippen molar-refractivity contribution in [2.24, 2.45) is 0 Å². The molecule has 1 atom stereocenters. The van der Waals surface area contributed by atoms with E-state index in [-0.39, 0.29) is 10.9 Å². The number of halogens is 1. The van der Waals surface area contributed by atoms with Crippen LogP contribution in [0.15, 0.2) is 64.0 Å². The average molecular weight is 340 g/mol. The van der Waals surface area contributed by atoms with Crippen molar-refractivity contribution in [1.82, 2.24) is 4.72 Å². The highest BCUT2D eigenvalue weighted by atomic mass is 79.9. The Morgan fingerprint density at radius 1 is 1.00 bits per heavy atom. The van der Waals surface area contributed by atoms with E-state index in [1.165, 1.54) is 0 Å². The molecule has 0 bridgehead atoms. The molecule has 0 aliphatic heterocycles. The van der Waals surface area contributed by atoms with Gasteiger partial charge in [-0.1, -0.05) is 46.3 Å². The first kappa shape index (κ1) is 14.2. The van der Waals surface area contributed by atoms with Gasteiger partial charge < -0.3 is 0 Å². The zero-order chi connectivity index (χ0) is 13.9. The van der Waals surface area contributed by atoms with Gasteiger partial charge in [-0.3, -0.25) is 0 Å². The molecule has 0 aromatic heterocycles. The maximum Gasteiger partial charge on any atom is 0.241 e. The number of nitrogens with one attached hydrogen (secondary N) is 1. The van der Waals surface area contributed by atoms with Gasteiger partial charge in [0.15, 0.2) is 0 Å². The second-order valence-corrected chi connectivity index (χ2v) is 6.84. The predicted octanol–water partition coefficient (Wildman–Crippen LogP) is 3.49. The summed E-state index contributed by atoms with van der Waals surface area (Å²) in [5.74, 6) is 0. The van der Waals surface area contributed by atoms with Crippen LogP contribution in [0.3, 0.4) is 0 Å². The van der Waals surface area contributed by atoms with Crippen LogP contribution < -0.4 is 4.72 Å². The van der Waals surface area contributed by atoms with E-state index in [2.05, 4.69) is 20.7 Å². The Bertz CT molecular complexity index is 639. The first-order valence-electron chi connectivity index (χ1n) is 5.82. The molecule has 0 aliphatic rings. The van der Waals surface area contributed by atoms with Crippen LogP contribution in [-0.4, -0.2) is 8.42 Å². The molecular formula is C14H14BrNO2S. The molecule has 1 unspecified atom stereocenters. The maximum absolute atomic E-state index is 12.2. The third-order valence-corrected chi connectivity index (χ3v) is 4.84. The molecule has 0 amide bonds. The van der Waals surface area contributed by atoms with Crippen LogP contribution in [0.5, 0.6) is 0 Å². The van der Waals surface area contributed by atoms with Crippen LogP contribution in [0.25, 0.3) is 0 Å². The summed E-state index contributed by atoms with van der Waals surface area (Å²) in [4.78, 5) is 0.277. The van der Waals surface area contributed by atoms with Crippen LogP contribution in [0.2, 0.25) is 0 Å². The highest BCUT2D eigenvalue weighted by Gasteiger charge is 2.17. The minimum absolute atomic E-state index is 0.277. The van der Waals surface area contributed by atoms with Gasteiger partial charge in [-0.2, -0.15) is 0 Å². The van der Waals surface area contributed by atoms with Gasteiger partial charge in [-0.25, -0.2) is 13.1 Å². The summed E-state index contributed by atoms with van der Waals surface area (Å²) in [6, 6.07) is 15.6. The summed E-state index contributed by atoms with van der Waals surface area (Å²) in [6.45, 7) is 1.82. The third kappa shape index (κ3) is 3.65. The molecule has 2 aromatic rings. The normalized spacial score (nSPS) is 13.2. The summed E-state index contributed by atoms with van der Waals surface area (Å²) in [5, 5.41) is 0. The van der Waals surface area contributed by atoms with E-state index in [4.69, 9.17) is 0 Å². The van der Waals surface area contributed by atoms with Crippen LogP contribution in [0.4, 0.5) is 0 Å². The van der Waals surface area contributed by atoms with Crippen molar-refractivity contribution in [3.63, 3.8) is 0 Å². The van der Waals surface area contributed by atoms with E-state index in [0.29, 0.717) is 0 Å². The van der Waals surface area contributed by atoms with Crippen molar-refractivity contribution in [1.29, 1.82) is 0 Å². The van der Waals surface area contributed by atoms with Crippen molar-refractivity contribution in [2.75, 3.05) is 0 Å². The van der Waals surface area contributed by atoms with E-state index in [9.17, 15) is 8.42 Å². The molecule has 2 rings (SSSR count). The van der Waals surface area contributed by atoms with Crippen LogP contribution in [0.1, 0.15) is 18.5 Å². The van der Waals surface area contributed by atoms with E-state index in [0.717, 1.165) is 10.0 Å². The average Bonchev–Trinajstić information content (AvgIpc) is 2.40. The lowest BCUT2D eigenvalue weighted by atomic mass is 10.1. The van der Waals surface area contributed by atoms with E-state index >= 15 is 0 Å². The third-order valence-electron chi connectivity index (χ3n) is 2.76. The minimum atomic E-state index is -3.48. The summed E-state index contributed by atoms with van der Waals surface area (Å²) in [5.41, 5.74) is 0.919. The van der Waals surface area contributed by atoms with Crippen molar-refractivity contribution in [2.45, 2.75) is 17.9 Å². The number of hydrogen-bond acceptors (Lipinski definition) is 2. The van der Waals surface area contributed by atoms with Gasteiger partial charge in [0.25, 0.3) is 0 Å². The maximum atomic E-state index is 12.2.